The molecule has 1 unspecified atom stereocenters. The van der Waals surface area contributed by atoms with Crippen LogP contribution in [0, 0.1) is 5.92 Å². The van der Waals surface area contributed by atoms with Crippen LogP contribution in [0.25, 0.3) is 0 Å². The average Bonchev–Trinajstić information content (AvgIpc) is 2.38. The maximum Gasteiger partial charge on any atom is 0.317 e. The first-order valence-corrected chi connectivity index (χ1v) is 7.29. The zero-order valence-corrected chi connectivity index (χ0v) is 12.6. The second-order valence-corrected chi connectivity index (χ2v) is 5.68. The number of carbonyl (C=O) groups excluding carboxylic acids is 1. The molecule has 0 spiro atoms. The number of nitrogens with one attached hydrogen (secondary N) is 1. The Bertz CT molecular complexity index is 325. The quantitative estimate of drug-likeness (QED) is 0.779. The van der Waals surface area contributed by atoms with Crippen molar-refractivity contribution in [2.24, 2.45) is 5.92 Å². The number of piperidine rings is 1. The van der Waals surface area contributed by atoms with Crippen LogP contribution in [0.1, 0.15) is 40.0 Å². The minimum atomic E-state index is -0.843. The highest BCUT2D eigenvalue weighted by Gasteiger charge is 2.24. The zero-order chi connectivity index (χ0) is 15.1. The van der Waals surface area contributed by atoms with Gasteiger partial charge in [0.25, 0.3) is 0 Å². The van der Waals surface area contributed by atoms with Crippen molar-refractivity contribution < 1.29 is 19.4 Å². The molecule has 0 saturated carbocycles. The lowest BCUT2D eigenvalue weighted by Crippen LogP contribution is -2.49. The number of carboxylic acids is 1. The lowest BCUT2D eigenvalue weighted by Gasteiger charge is -2.33. The highest BCUT2D eigenvalue weighted by molar-refractivity contribution is 5.74. The van der Waals surface area contributed by atoms with Crippen LogP contribution in [-0.4, -0.2) is 53.8 Å². The van der Waals surface area contributed by atoms with Crippen LogP contribution in [0.3, 0.4) is 0 Å². The molecule has 2 N–H and O–H groups in total. The van der Waals surface area contributed by atoms with E-state index in [1.165, 1.54) is 0 Å². The maximum atomic E-state index is 12.0. The lowest BCUT2D eigenvalue weighted by molar-refractivity contribution is -0.138. The minimum absolute atomic E-state index is 0.0183. The molecule has 20 heavy (non-hydrogen) atoms. The van der Waals surface area contributed by atoms with Gasteiger partial charge in [-0.05, 0) is 25.7 Å². The second kappa shape index (κ2) is 8.09. The van der Waals surface area contributed by atoms with Crippen molar-refractivity contribution in [1.29, 1.82) is 0 Å². The third-order valence-corrected chi connectivity index (χ3v) is 3.75. The average molecular weight is 286 g/mol. The zero-order valence-electron chi connectivity index (χ0n) is 12.6. The Morgan fingerprint density at radius 2 is 1.90 bits per heavy atom. The van der Waals surface area contributed by atoms with Crippen molar-refractivity contribution in [2.75, 3.05) is 19.7 Å². The van der Waals surface area contributed by atoms with Gasteiger partial charge in [0.2, 0.25) is 0 Å². The number of amides is 2. The van der Waals surface area contributed by atoms with Gasteiger partial charge in [0.15, 0.2) is 0 Å². The number of hydrogen-bond donors (Lipinski definition) is 2. The minimum Gasteiger partial charge on any atom is -0.481 e. The van der Waals surface area contributed by atoms with Gasteiger partial charge in [-0.1, -0.05) is 13.8 Å². The summed E-state index contributed by atoms with van der Waals surface area (Å²) in [6, 6.07) is 0.141. The molecule has 6 nitrogen and oxygen atoms in total. The van der Waals surface area contributed by atoms with E-state index in [-0.39, 0.29) is 31.2 Å². The highest BCUT2D eigenvalue weighted by atomic mass is 16.5. The Balaban J connectivity index is 2.24. The first-order valence-electron chi connectivity index (χ1n) is 7.29. The van der Waals surface area contributed by atoms with Gasteiger partial charge in [-0.3, -0.25) is 4.79 Å². The SMILES string of the molecule is CC(C)C(C)NC(=O)N1CCC(OCCC(=O)O)CC1. The smallest absolute Gasteiger partial charge is 0.317 e. The molecular weight excluding hydrogens is 260 g/mol. The fourth-order valence-corrected chi connectivity index (χ4v) is 1.99. The molecule has 1 rings (SSSR count). The monoisotopic (exact) mass is 286 g/mol. The Labute approximate surface area is 120 Å². The van der Waals surface area contributed by atoms with Crippen molar-refractivity contribution in [3.63, 3.8) is 0 Å². The van der Waals surface area contributed by atoms with Gasteiger partial charge in [-0.2, -0.15) is 0 Å². The van der Waals surface area contributed by atoms with E-state index >= 15 is 0 Å². The van der Waals surface area contributed by atoms with Crippen molar-refractivity contribution in [3.8, 4) is 0 Å². The van der Waals surface area contributed by atoms with E-state index in [2.05, 4.69) is 19.2 Å². The topological polar surface area (TPSA) is 78.9 Å². The largest absolute Gasteiger partial charge is 0.481 e. The van der Waals surface area contributed by atoms with E-state index in [0.29, 0.717) is 19.0 Å². The first-order chi connectivity index (χ1) is 9.40. The Kier molecular flexibility index (Phi) is 6.78. The van der Waals surface area contributed by atoms with E-state index in [0.717, 1.165) is 12.8 Å². The first kappa shape index (κ1) is 16.8. The van der Waals surface area contributed by atoms with Crippen LogP contribution in [0.15, 0.2) is 0 Å². The molecule has 1 heterocycles. The van der Waals surface area contributed by atoms with Crippen molar-refractivity contribution in [1.82, 2.24) is 10.2 Å². The summed E-state index contributed by atoms with van der Waals surface area (Å²) >= 11 is 0. The molecule has 0 aromatic rings. The van der Waals surface area contributed by atoms with Gasteiger partial charge in [0.05, 0.1) is 19.1 Å². The van der Waals surface area contributed by atoms with Crippen molar-refractivity contribution in [2.45, 2.75) is 52.2 Å². The van der Waals surface area contributed by atoms with E-state index in [1.807, 2.05) is 6.92 Å². The number of nitrogens with zero attached hydrogens (tertiary/aromatic N) is 1. The summed E-state index contributed by atoms with van der Waals surface area (Å²) in [5.74, 6) is -0.430. The number of hydrogen-bond acceptors (Lipinski definition) is 3. The van der Waals surface area contributed by atoms with Gasteiger partial charge in [0, 0.05) is 19.1 Å². The predicted octanol–water partition coefficient (Wildman–Crippen LogP) is 1.70. The van der Waals surface area contributed by atoms with Gasteiger partial charge < -0.3 is 20.1 Å². The summed E-state index contributed by atoms with van der Waals surface area (Å²) in [7, 11) is 0. The molecule has 6 heteroatoms. The summed E-state index contributed by atoms with van der Waals surface area (Å²) in [4.78, 5) is 24.2. The Morgan fingerprint density at radius 1 is 1.30 bits per heavy atom. The van der Waals surface area contributed by atoms with Crippen LogP contribution >= 0.6 is 0 Å². The molecule has 1 aliphatic rings. The molecule has 1 aliphatic heterocycles. The molecule has 2 amide bonds. The summed E-state index contributed by atoms with van der Waals surface area (Å²) in [5, 5.41) is 11.5. The van der Waals surface area contributed by atoms with E-state index in [9.17, 15) is 9.59 Å². The molecule has 0 aliphatic carbocycles. The second-order valence-electron chi connectivity index (χ2n) is 5.68. The molecule has 0 aromatic heterocycles. The summed E-state index contributed by atoms with van der Waals surface area (Å²) in [5.41, 5.74) is 0. The summed E-state index contributed by atoms with van der Waals surface area (Å²) in [6.07, 6.45) is 1.64. The third-order valence-electron chi connectivity index (χ3n) is 3.75. The third kappa shape index (κ3) is 5.77. The molecular formula is C14H26N2O4. The summed E-state index contributed by atoms with van der Waals surface area (Å²) < 4.78 is 5.50. The molecule has 1 fully saturated rings. The summed E-state index contributed by atoms with van der Waals surface area (Å²) in [6.45, 7) is 7.73. The normalized spacial score (nSPS) is 18.1. The Morgan fingerprint density at radius 3 is 2.40 bits per heavy atom. The van der Waals surface area contributed by atoms with E-state index in [1.54, 1.807) is 4.90 Å². The van der Waals surface area contributed by atoms with Crippen LogP contribution in [0.4, 0.5) is 4.79 Å². The number of likely N-dealkylation sites (tertiary alicyclic amines) is 1. The number of carbonyl (C=O) groups is 2. The molecule has 0 bridgehead atoms. The van der Waals surface area contributed by atoms with Crippen LogP contribution in [0.5, 0.6) is 0 Å². The fraction of sp³-hybridized carbons (Fsp3) is 0.857. The van der Waals surface area contributed by atoms with Crippen molar-refractivity contribution in [3.05, 3.63) is 0 Å². The van der Waals surface area contributed by atoms with E-state index < -0.39 is 5.97 Å². The fourth-order valence-electron chi connectivity index (χ4n) is 1.99. The lowest BCUT2D eigenvalue weighted by atomic mass is 10.1. The van der Waals surface area contributed by atoms with Crippen LogP contribution in [0.2, 0.25) is 0 Å². The molecule has 1 saturated heterocycles. The Hall–Kier alpha value is -1.30. The standard InChI is InChI=1S/C14H26N2O4/c1-10(2)11(3)15-14(19)16-7-4-12(5-8-16)20-9-6-13(17)18/h10-12H,4-9H2,1-3H3,(H,15,19)(H,17,18). The maximum absolute atomic E-state index is 12.0. The number of rotatable bonds is 6. The van der Waals surface area contributed by atoms with Crippen LogP contribution < -0.4 is 5.32 Å². The number of urea groups is 1. The molecule has 116 valence electrons. The number of ether oxygens (including phenoxy) is 1. The predicted molar refractivity (Wildman–Crippen MR) is 75.6 cm³/mol. The number of aliphatic carboxylic acids is 1. The van der Waals surface area contributed by atoms with Gasteiger partial charge in [-0.15, -0.1) is 0 Å². The highest BCUT2D eigenvalue weighted by Crippen LogP contribution is 2.14. The van der Waals surface area contributed by atoms with Gasteiger partial charge >= 0.3 is 12.0 Å². The molecule has 0 aromatic carbocycles. The number of carboxylic acid groups (broad SMARTS) is 1. The van der Waals surface area contributed by atoms with Crippen LogP contribution in [-0.2, 0) is 9.53 Å². The molecule has 0 radical (unpaired) electrons. The van der Waals surface area contributed by atoms with E-state index in [4.69, 9.17) is 9.84 Å². The van der Waals surface area contributed by atoms with Crippen molar-refractivity contribution >= 4 is 12.0 Å². The van der Waals surface area contributed by atoms with Gasteiger partial charge in [-0.25, -0.2) is 4.79 Å². The molecule has 1 atom stereocenters. The van der Waals surface area contributed by atoms with Gasteiger partial charge in [0.1, 0.15) is 0 Å².